The maximum absolute atomic E-state index is 13.7. The normalized spacial score (nSPS) is 13.1. The number of benzene rings is 2. The minimum atomic E-state index is -3.77. The first-order valence-corrected chi connectivity index (χ1v) is 14.1. The van der Waals surface area contributed by atoms with E-state index < -0.39 is 28.5 Å². The van der Waals surface area contributed by atoms with Gasteiger partial charge in [0.2, 0.25) is 21.8 Å². The van der Waals surface area contributed by atoms with Gasteiger partial charge in [-0.05, 0) is 55.5 Å². The highest BCUT2D eigenvalue weighted by atomic mass is 35.5. The lowest BCUT2D eigenvalue weighted by Crippen LogP contribution is -2.53. The fourth-order valence-corrected chi connectivity index (χ4v) is 4.80. The van der Waals surface area contributed by atoms with Gasteiger partial charge >= 0.3 is 0 Å². The smallest absolute Gasteiger partial charge is 0.244 e. The van der Waals surface area contributed by atoms with Crippen LogP contribution in [0.5, 0.6) is 0 Å². The average molecular weight is 522 g/mol. The largest absolute Gasteiger partial charge is 0.352 e. The maximum atomic E-state index is 13.7. The van der Waals surface area contributed by atoms with Gasteiger partial charge in [-0.3, -0.25) is 13.9 Å². The molecule has 2 atom stereocenters. The number of sulfonamides is 1. The number of aryl methyl sites for hydroxylation is 1. The molecule has 2 amide bonds. The van der Waals surface area contributed by atoms with Crippen LogP contribution in [0.3, 0.4) is 0 Å². The summed E-state index contributed by atoms with van der Waals surface area (Å²) in [5, 5.41) is 3.52. The number of halogens is 1. The molecule has 0 radical (unpaired) electrons. The Morgan fingerprint density at radius 1 is 1.00 bits per heavy atom. The van der Waals surface area contributed by atoms with Crippen molar-refractivity contribution in [2.75, 3.05) is 17.1 Å². The van der Waals surface area contributed by atoms with Crippen LogP contribution in [0, 0.1) is 0 Å². The second-order valence-electron chi connectivity index (χ2n) is 8.64. The SMILES string of the molecule is CCc1ccccc1N(CC(=O)N(Cc1ccc(Cl)cc1)[C@@H](CC)C(=O)N[C@@H](C)CC)S(C)(=O)=O. The number of rotatable bonds is 12. The molecule has 7 nitrogen and oxygen atoms in total. The molecule has 0 aliphatic rings. The minimum absolute atomic E-state index is 0.0482. The molecule has 9 heteroatoms. The molecule has 0 aliphatic heterocycles. The predicted molar refractivity (Wildman–Crippen MR) is 142 cm³/mol. The number of nitrogens with one attached hydrogen (secondary N) is 1. The molecule has 0 unspecified atom stereocenters. The number of anilines is 1. The molecule has 192 valence electrons. The van der Waals surface area contributed by atoms with Crippen molar-refractivity contribution in [2.24, 2.45) is 0 Å². The second kappa shape index (κ2) is 12.9. The molecule has 0 aliphatic carbocycles. The molecule has 0 fully saturated rings. The molecule has 1 N–H and O–H groups in total. The summed E-state index contributed by atoms with van der Waals surface area (Å²) in [6.07, 6.45) is 2.83. The maximum Gasteiger partial charge on any atom is 0.244 e. The highest BCUT2D eigenvalue weighted by Gasteiger charge is 2.32. The average Bonchev–Trinajstić information content (AvgIpc) is 2.82. The lowest BCUT2D eigenvalue weighted by Gasteiger charge is -2.33. The van der Waals surface area contributed by atoms with E-state index in [0.29, 0.717) is 23.6 Å². The summed E-state index contributed by atoms with van der Waals surface area (Å²) >= 11 is 6.02. The number of carbonyl (C=O) groups is 2. The van der Waals surface area contributed by atoms with Crippen LogP contribution >= 0.6 is 11.6 Å². The number of nitrogens with zero attached hydrogens (tertiary/aromatic N) is 2. The van der Waals surface area contributed by atoms with E-state index in [1.165, 1.54) is 4.90 Å². The Morgan fingerprint density at radius 3 is 2.17 bits per heavy atom. The van der Waals surface area contributed by atoms with E-state index >= 15 is 0 Å². The fourth-order valence-electron chi connectivity index (χ4n) is 3.79. The third kappa shape index (κ3) is 7.97. The molecule has 0 aromatic heterocycles. The third-order valence-electron chi connectivity index (χ3n) is 5.97. The van der Waals surface area contributed by atoms with Crippen LogP contribution in [0.1, 0.15) is 51.7 Å². The van der Waals surface area contributed by atoms with Gasteiger partial charge in [-0.25, -0.2) is 8.42 Å². The van der Waals surface area contributed by atoms with Crippen molar-refractivity contribution in [2.45, 2.75) is 65.6 Å². The molecule has 0 saturated heterocycles. The summed E-state index contributed by atoms with van der Waals surface area (Å²) in [5.41, 5.74) is 2.07. The predicted octanol–water partition coefficient (Wildman–Crippen LogP) is 4.39. The lowest BCUT2D eigenvalue weighted by atomic mass is 10.1. The Bertz CT molecular complexity index is 1110. The molecular weight excluding hydrogens is 486 g/mol. The summed E-state index contributed by atoms with van der Waals surface area (Å²) in [5.74, 6) is -0.716. The van der Waals surface area contributed by atoms with Gasteiger partial charge in [0.1, 0.15) is 12.6 Å². The monoisotopic (exact) mass is 521 g/mol. The van der Waals surface area contributed by atoms with Crippen molar-refractivity contribution in [3.8, 4) is 0 Å². The van der Waals surface area contributed by atoms with E-state index in [1.54, 1.807) is 36.4 Å². The van der Waals surface area contributed by atoms with E-state index in [0.717, 1.165) is 28.1 Å². The third-order valence-corrected chi connectivity index (χ3v) is 7.35. The summed E-state index contributed by atoms with van der Waals surface area (Å²) < 4.78 is 26.7. The Balaban J connectivity index is 2.46. The van der Waals surface area contributed by atoms with Crippen LogP contribution in [0.15, 0.2) is 48.5 Å². The highest BCUT2D eigenvalue weighted by Crippen LogP contribution is 2.24. The van der Waals surface area contributed by atoms with E-state index in [-0.39, 0.29) is 18.5 Å². The number of para-hydroxylation sites is 1. The first-order valence-electron chi connectivity index (χ1n) is 11.9. The second-order valence-corrected chi connectivity index (χ2v) is 11.0. The Kier molecular flexibility index (Phi) is 10.6. The van der Waals surface area contributed by atoms with Crippen LogP contribution in [-0.2, 0) is 32.6 Å². The van der Waals surface area contributed by atoms with Gasteiger partial charge in [0.15, 0.2) is 0 Å². The molecule has 2 rings (SSSR count). The quantitative estimate of drug-likeness (QED) is 0.448. The Hall–Kier alpha value is -2.58. The first-order chi connectivity index (χ1) is 16.5. The van der Waals surface area contributed by atoms with E-state index in [1.807, 2.05) is 39.8 Å². The summed E-state index contributed by atoms with van der Waals surface area (Å²) in [4.78, 5) is 28.3. The number of hydrogen-bond acceptors (Lipinski definition) is 4. The summed E-state index contributed by atoms with van der Waals surface area (Å²) in [6, 6.07) is 13.4. The molecular formula is C26H36ClN3O4S. The van der Waals surface area contributed by atoms with Crippen molar-refractivity contribution in [3.05, 3.63) is 64.7 Å². The van der Waals surface area contributed by atoms with Gasteiger partial charge in [0.25, 0.3) is 0 Å². The molecule has 0 saturated carbocycles. The fraction of sp³-hybridized carbons (Fsp3) is 0.462. The zero-order valence-electron chi connectivity index (χ0n) is 21.1. The zero-order chi connectivity index (χ0) is 26.2. The molecule has 2 aromatic rings. The number of hydrogen-bond donors (Lipinski definition) is 1. The zero-order valence-corrected chi connectivity index (χ0v) is 22.7. The van der Waals surface area contributed by atoms with Gasteiger partial charge in [-0.2, -0.15) is 0 Å². The van der Waals surface area contributed by atoms with Gasteiger partial charge < -0.3 is 10.2 Å². The molecule has 35 heavy (non-hydrogen) atoms. The molecule has 0 bridgehead atoms. The van der Waals surface area contributed by atoms with Gasteiger partial charge in [-0.1, -0.05) is 62.7 Å². The molecule has 0 heterocycles. The van der Waals surface area contributed by atoms with Crippen LogP contribution < -0.4 is 9.62 Å². The van der Waals surface area contributed by atoms with Crippen molar-refractivity contribution in [1.29, 1.82) is 0 Å². The Morgan fingerprint density at radius 2 is 1.63 bits per heavy atom. The summed E-state index contributed by atoms with van der Waals surface area (Å²) in [6.45, 7) is 7.39. The van der Waals surface area contributed by atoms with Crippen molar-refractivity contribution in [1.82, 2.24) is 10.2 Å². The highest BCUT2D eigenvalue weighted by molar-refractivity contribution is 7.92. The summed E-state index contributed by atoms with van der Waals surface area (Å²) in [7, 11) is -3.77. The van der Waals surface area contributed by atoms with Crippen LogP contribution in [-0.4, -0.2) is 50.0 Å². The van der Waals surface area contributed by atoms with Crippen LogP contribution in [0.2, 0.25) is 5.02 Å². The van der Waals surface area contributed by atoms with E-state index in [4.69, 9.17) is 11.6 Å². The Labute approximate surface area is 214 Å². The number of carbonyl (C=O) groups excluding carboxylic acids is 2. The van der Waals surface area contributed by atoms with Gasteiger partial charge in [0, 0.05) is 17.6 Å². The first kappa shape index (κ1) is 28.7. The van der Waals surface area contributed by atoms with Crippen molar-refractivity contribution < 1.29 is 18.0 Å². The number of amides is 2. The van der Waals surface area contributed by atoms with Crippen molar-refractivity contribution >= 4 is 39.1 Å². The topological polar surface area (TPSA) is 86.8 Å². The molecule has 2 aromatic carbocycles. The van der Waals surface area contributed by atoms with E-state index in [2.05, 4.69) is 5.32 Å². The van der Waals surface area contributed by atoms with Crippen molar-refractivity contribution in [3.63, 3.8) is 0 Å². The standard InChI is InChI=1S/C26H36ClN3O4S/c1-6-19(4)28-26(32)23(8-3)29(17-20-13-15-22(27)16-14-20)25(31)18-30(35(5,33)34)24-12-10-9-11-21(24)7-2/h9-16,19,23H,6-8,17-18H2,1-5H3,(H,28,32)/t19-,23-/m0/s1. The minimum Gasteiger partial charge on any atom is -0.352 e. The van der Waals surface area contributed by atoms with Gasteiger partial charge in [0.05, 0.1) is 11.9 Å². The van der Waals surface area contributed by atoms with Crippen LogP contribution in [0.25, 0.3) is 0 Å². The van der Waals surface area contributed by atoms with E-state index in [9.17, 15) is 18.0 Å². The molecule has 0 spiro atoms. The lowest BCUT2D eigenvalue weighted by molar-refractivity contribution is -0.140. The van der Waals surface area contributed by atoms with Gasteiger partial charge in [-0.15, -0.1) is 0 Å². The van der Waals surface area contributed by atoms with Crippen LogP contribution in [0.4, 0.5) is 5.69 Å².